The Morgan fingerprint density at radius 1 is 0.895 bits per heavy atom. The van der Waals surface area contributed by atoms with E-state index in [1.165, 1.54) is 23.3 Å². The fourth-order valence-corrected chi connectivity index (χ4v) is 5.60. The molecule has 8 heteroatoms. The first-order valence-corrected chi connectivity index (χ1v) is 12.8. The van der Waals surface area contributed by atoms with Crippen molar-refractivity contribution in [1.82, 2.24) is 9.80 Å². The molecule has 3 aromatic rings. The van der Waals surface area contributed by atoms with Gasteiger partial charge in [0.1, 0.15) is 0 Å². The molecule has 198 valence electrons. The SMILES string of the molecule is CC(=O)N1CCN(C2Cc3ccc(NC(=O)c4cccc(C)c4-c4ccc(C(F)(F)F)cc4)cc3C2)CC1. The van der Waals surface area contributed by atoms with Crippen LogP contribution in [0.5, 0.6) is 0 Å². The summed E-state index contributed by atoms with van der Waals surface area (Å²) < 4.78 is 39.1. The second-order valence-corrected chi connectivity index (χ2v) is 10.1. The molecule has 1 saturated heterocycles. The van der Waals surface area contributed by atoms with Gasteiger partial charge >= 0.3 is 6.18 Å². The highest BCUT2D eigenvalue weighted by Gasteiger charge is 2.31. The number of hydrogen-bond donors (Lipinski definition) is 1. The largest absolute Gasteiger partial charge is 0.416 e. The molecule has 38 heavy (non-hydrogen) atoms. The normalized spacial score (nSPS) is 17.8. The lowest BCUT2D eigenvalue weighted by molar-refractivity contribution is -0.137. The average molecular weight is 522 g/mol. The third kappa shape index (κ3) is 5.31. The van der Waals surface area contributed by atoms with Crippen LogP contribution in [-0.4, -0.2) is 53.8 Å². The number of hydrogen-bond acceptors (Lipinski definition) is 3. The number of piperazine rings is 1. The van der Waals surface area contributed by atoms with Gasteiger partial charge in [-0.05, 0) is 77.9 Å². The maximum absolute atomic E-state index is 13.4. The first kappa shape index (κ1) is 26.0. The number of alkyl halides is 3. The molecular weight excluding hydrogens is 491 g/mol. The van der Waals surface area contributed by atoms with E-state index in [9.17, 15) is 22.8 Å². The van der Waals surface area contributed by atoms with Gasteiger partial charge in [0.05, 0.1) is 5.56 Å². The molecule has 1 heterocycles. The monoisotopic (exact) mass is 521 g/mol. The third-order valence-electron chi connectivity index (χ3n) is 7.67. The summed E-state index contributed by atoms with van der Waals surface area (Å²) in [7, 11) is 0. The lowest BCUT2D eigenvalue weighted by atomic mass is 9.93. The molecule has 0 aromatic heterocycles. The summed E-state index contributed by atoms with van der Waals surface area (Å²) in [6, 6.07) is 16.6. The number of aryl methyl sites for hydroxylation is 1. The van der Waals surface area contributed by atoms with E-state index in [1.807, 2.05) is 30.0 Å². The minimum atomic E-state index is -4.42. The van der Waals surface area contributed by atoms with Gasteiger partial charge in [-0.3, -0.25) is 14.5 Å². The molecule has 0 saturated carbocycles. The van der Waals surface area contributed by atoms with Crippen molar-refractivity contribution in [2.45, 2.75) is 38.9 Å². The Morgan fingerprint density at radius 3 is 2.24 bits per heavy atom. The number of nitrogens with zero attached hydrogens (tertiary/aromatic N) is 2. The van der Waals surface area contributed by atoms with Gasteiger partial charge in [-0.2, -0.15) is 13.2 Å². The van der Waals surface area contributed by atoms with Crippen molar-refractivity contribution in [3.63, 3.8) is 0 Å². The van der Waals surface area contributed by atoms with E-state index in [-0.39, 0.29) is 11.8 Å². The summed E-state index contributed by atoms with van der Waals surface area (Å²) in [6.45, 7) is 6.68. The summed E-state index contributed by atoms with van der Waals surface area (Å²) in [5.74, 6) is -0.187. The van der Waals surface area contributed by atoms with Gasteiger partial charge in [0.25, 0.3) is 5.91 Å². The Morgan fingerprint density at radius 2 is 1.58 bits per heavy atom. The quantitative estimate of drug-likeness (QED) is 0.489. The lowest BCUT2D eigenvalue weighted by Crippen LogP contribution is -2.51. The smallest absolute Gasteiger partial charge is 0.340 e. The number of nitrogens with one attached hydrogen (secondary N) is 1. The van der Waals surface area contributed by atoms with Crippen LogP contribution in [0.25, 0.3) is 11.1 Å². The number of benzene rings is 3. The second kappa shape index (κ2) is 10.3. The molecule has 1 aliphatic heterocycles. The molecule has 5 nitrogen and oxygen atoms in total. The van der Waals surface area contributed by atoms with Gasteiger partial charge in [0, 0.05) is 50.4 Å². The number of rotatable bonds is 4. The predicted molar refractivity (Wildman–Crippen MR) is 141 cm³/mol. The highest BCUT2D eigenvalue weighted by atomic mass is 19.4. The number of carbonyl (C=O) groups excluding carboxylic acids is 2. The summed E-state index contributed by atoms with van der Waals surface area (Å²) in [5, 5.41) is 3.00. The van der Waals surface area contributed by atoms with Crippen molar-refractivity contribution in [3.05, 3.63) is 88.5 Å². The maximum atomic E-state index is 13.4. The van der Waals surface area contributed by atoms with E-state index in [1.54, 1.807) is 19.1 Å². The molecule has 5 rings (SSSR count). The minimum Gasteiger partial charge on any atom is -0.340 e. The lowest BCUT2D eigenvalue weighted by Gasteiger charge is -2.37. The van der Waals surface area contributed by atoms with Crippen molar-refractivity contribution in [3.8, 4) is 11.1 Å². The van der Waals surface area contributed by atoms with Gasteiger partial charge in [0.15, 0.2) is 0 Å². The van der Waals surface area contributed by atoms with Crippen molar-refractivity contribution in [2.75, 3.05) is 31.5 Å². The van der Waals surface area contributed by atoms with Crippen LogP contribution in [0.3, 0.4) is 0 Å². The fraction of sp³-hybridized carbons (Fsp3) is 0.333. The van der Waals surface area contributed by atoms with E-state index in [4.69, 9.17) is 0 Å². The van der Waals surface area contributed by atoms with E-state index in [0.29, 0.717) is 28.4 Å². The third-order valence-corrected chi connectivity index (χ3v) is 7.67. The average Bonchev–Trinajstić information content (AvgIpc) is 3.31. The fourth-order valence-electron chi connectivity index (χ4n) is 5.60. The Kier molecular flexibility index (Phi) is 7.01. The summed E-state index contributed by atoms with van der Waals surface area (Å²) in [4.78, 5) is 29.3. The standard InChI is InChI=1S/C30H30F3N3O2/c1-19-4-3-5-27(28(19)21-6-9-24(10-7-21)30(31,32)33)29(38)34-25-11-8-22-17-26(18-23(22)16-25)36-14-12-35(13-15-36)20(2)37/h3-11,16,26H,12-15,17-18H2,1-2H3,(H,34,38). The molecular formula is C30H30F3N3O2. The molecule has 2 aliphatic rings. The number of halogens is 3. The number of anilines is 1. The van der Waals surface area contributed by atoms with Crippen LogP contribution in [-0.2, 0) is 23.8 Å². The Labute approximate surface area is 220 Å². The van der Waals surface area contributed by atoms with Crippen molar-refractivity contribution >= 4 is 17.5 Å². The number of carbonyl (C=O) groups is 2. The van der Waals surface area contributed by atoms with Crippen LogP contribution >= 0.6 is 0 Å². The molecule has 1 unspecified atom stereocenters. The molecule has 1 fully saturated rings. The Bertz CT molecular complexity index is 1360. The highest BCUT2D eigenvalue weighted by Crippen LogP contribution is 2.34. The molecule has 1 atom stereocenters. The molecule has 0 bridgehead atoms. The summed E-state index contributed by atoms with van der Waals surface area (Å²) in [5.41, 5.74) is 4.82. The van der Waals surface area contributed by atoms with Gasteiger partial charge in [-0.1, -0.05) is 30.3 Å². The van der Waals surface area contributed by atoms with Gasteiger partial charge in [-0.25, -0.2) is 0 Å². The van der Waals surface area contributed by atoms with Crippen LogP contribution in [0.15, 0.2) is 60.7 Å². The molecule has 1 N–H and O–H groups in total. The first-order valence-electron chi connectivity index (χ1n) is 12.8. The zero-order chi connectivity index (χ0) is 27.0. The van der Waals surface area contributed by atoms with Crippen molar-refractivity contribution in [1.29, 1.82) is 0 Å². The van der Waals surface area contributed by atoms with Crippen LogP contribution < -0.4 is 5.32 Å². The molecule has 2 amide bonds. The summed E-state index contributed by atoms with van der Waals surface area (Å²) in [6.07, 6.45) is -2.58. The molecule has 0 spiro atoms. The van der Waals surface area contributed by atoms with E-state index in [0.717, 1.165) is 56.7 Å². The van der Waals surface area contributed by atoms with Gasteiger partial charge in [0.2, 0.25) is 5.91 Å². The topological polar surface area (TPSA) is 52.7 Å². The van der Waals surface area contributed by atoms with Gasteiger partial charge in [-0.15, -0.1) is 0 Å². The zero-order valence-electron chi connectivity index (χ0n) is 21.4. The second-order valence-electron chi connectivity index (χ2n) is 10.1. The molecule has 0 radical (unpaired) electrons. The summed E-state index contributed by atoms with van der Waals surface area (Å²) >= 11 is 0. The highest BCUT2D eigenvalue weighted by molar-refractivity contribution is 6.09. The number of amides is 2. The van der Waals surface area contributed by atoms with Gasteiger partial charge < -0.3 is 10.2 Å². The van der Waals surface area contributed by atoms with Crippen LogP contribution in [0.2, 0.25) is 0 Å². The van der Waals surface area contributed by atoms with Crippen LogP contribution in [0.1, 0.15) is 39.5 Å². The van der Waals surface area contributed by atoms with Crippen LogP contribution in [0, 0.1) is 6.92 Å². The van der Waals surface area contributed by atoms with E-state index < -0.39 is 11.7 Å². The van der Waals surface area contributed by atoms with Crippen LogP contribution in [0.4, 0.5) is 18.9 Å². The zero-order valence-corrected chi connectivity index (χ0v) is 21.4. The Balaban J connectivity index is 1.31. The predicted octanol–water partition coefficient (Wildman–Crippen LogP) is 5.56. The first-order chi connectivity index (χ1) is 18.1. The van der Waals surface area contributed by atoms with E-state index >= 15 is 0 Å². The molecule has 3 aromatic carbocycles. The van der Waals surface area contributed by atoms with Crippen molar-refractivity contribution in [2.24, 2.45) is 0 Å². The molecule has 1 aliphatic carbocycles. The minimum absolute atomic E-state index is 0.120. The van der Waals surface area contributed by atoms with Crippen molar-refractivity contribution < 1.29 is 22.8 Å². The van der Waals surface area contributed by atoms with E-state index in [2.05, 4.69) is 16.3 Å². The number of fused-ring (bicyclic) bond motifs is 1. The Hall–Kier alpha value is -3.65. The maximum Gasteiger partial charge on any atom is 0.416 e.